The van der Waals surface area contributed by atoms with E-state index in [1.54, 1.807) is 20.8 Å². The van der Waals surface area contributed by atoms with Crippen LogP contribution in [0.15, 0.2) is 20.8 Å². The Morgan fingerprint density at radius 3 is 2.44 bits per heavy atom. The van der Waals surface area contributed by atoms with Crippen LogP contribution in [0.25, 0.3) is 0 Å². The van der Waals surface area contributed by atoms with Gasteiger partial charge in [0.05, 0.1) is 6.04 Å². The molecule has 0 aliphatic rings. The van der Waals surface area contributed by atoms with Crippen molar-refractivity contribution >= 4 is 17.6 Å². The number of nitrogens with zero attached hydrogens (tertiary/aromatic N) is 3. The average Bonchev–Trinajstić information content (AvgIpc) is 2.69. The Hall–Kier alpha value is -2.95. The van der Waals surface area contributed by atoms with Gasteiger partial charge in [0.2, 0.25) is 5.91 Å². The van der Waals surface area contributed by atoms with Crippen LogP contribution in [0.4, 0.5) is 0 Å². The Labute approximate surface area is 188 Å². The molecule has 0 fully saturated rings. The third kappa shape index (κ3) is 8.66. The molecule has 1 aromatic rings. The van der Waals surface area contributed by atoms with Gasteiger partial charge in [-0.05, 0) is 19.8 Å². The SMILES string of the molecule is Cc1cn(CC(=O)N(CCNC(C)C)[C@H](CCCN=C(N)N)C(=O)C(C)C)c(=O)[nH]c1=O. The van der Waals surface area contributed by atoms with Crippen molar-refractivity contribution in [1.82, 2.24) is 19.8 Å². The van der Waals surface area contributed by atoms with Gasteiger partial charge in [-0.2, -0.15) is 0 Å². The van der Waals surface area contributed by atoms with Crippen molar-refractivity contribution in [3.8, 4) is 0 Å². The summed E-state index contributed by atoms with van der Waals surface area (Å²) < 4.78 is 1.15. The van der Waals surface area contributed by atoms with Crippen LogP contribution < -0.4 is 28.0 Å². The first kappa shape index (κ1) is 27.1. The molecule has 0 aliphatic heterocycles. The van der Waals surface area contributed by atoms with Crippen molar-refractivity contribution in [2.24, 2.45) is 22.4 Å². The summed E-state index contributed by atoms with van der Waals surface area (Å²) in [4.78, 5) is 57.8. The van der Waals surface area contributed by atoms with Crippen LogP contribution in [0.2, 0.25) is 0 Å². The average molecular weight is 452 g/mol. The predicted octanol–water partition coefficient (Wildman–Crippen LogP) is -0.681. The monoisotopic (exact) mass is 451 g/mol. The van der Waals surface area contributed by atoms with Crippen LogP contribution in [0.5, 0.6) is 0 Å². The second-order valence-electron chi connectivity index (χ2n) is 8.42. The lowest BCUT2D eigenvalue weighted by molar-refractivity contribution is -0.141. The second kappa shape index (κ2) is 12.8. The fourth-order valence-corrected chi connectivity index (χ4v) is 3.23. The van der Waals surface area contributed by atoms with E-state index < -0.39 is 17.3 Å². The van der Waals surface area contributed by atoms with Crippen molar-refractivity contribution in [2.45, 2.75) is 66.1 Å². The lowest BCUT2D eigenvalue weighted by atomic mass is 9.96. The number of carbonyl (C=O) groups excluding carboxylic acids is 2. The fraction of sp³-hybridized carbons (Fsp3) is 0.667. The van der Waals surface area contributed by atoms with E-state index in [2.05, 4.69) is 15.3 Å². The number of nitrogens with two attached hydrogens (primary N) is 2. The van der Waals surface area contributed by atoms with Crippen LogP contribution in [0, 0.1) is 12.8 Å². The molecule has 1 heterocycles. The summed E-state index contributed by atoms with van der Waals surface area (Å²) in [6.07, 6.45) is 2.25. The molecule has 0 unspecified atom stereocenters. The van der Waals surface area contributed by atoms with E-state index in [0.717, 1.165) is 4.57 Å². The summed E-state index contributed by atoms with van der Waals surface area (Å²) in [5.41, 5.74) is 9.89. The number of hydrogen-bond donors (Lipinski definition) is 4. The van der Waals surface area contributed by atoms with Crippen LogP contribution in [-0.4, -0.2) is 63.8 Å². The van der Waals surface area contributed by atoms with Gasteiger partial charge < -0.3 is 21.7 Å². The maximum atomic E-state index is 13.3. The number of hydrogen-bond acceptors (Lipinski definition) is 6. The molecule has 180 valence electrons. The van der Waals surface area contributed by atoms with Gasteiger partial charge >= 0.3 is 5.69 Å². The molecule has 1 rings (SSSR count). The Balaban J connectivity index is 3.19. The van der Waals surface area contributed by atoms with Gasteiger partial charge in [0.25, 0.3) is 5.56 Å². The van der Waals surface area contributed by atoms with Gasteiger partial charge in [-0.25, -0.2) is 4.79 Å². The fourth-order valence-electron chi connectivity index (χ4n) is 3.23. The van der Waals surface area contributed by atoms with Gasteiger partial charge in [0.1, 0.15) is 6.54 Å². The number of nitrogens with one attached hydrogen (secondary N) is 2. The molecule has 0 saturated heterocycles. The van der Waals surface area contributed by atoms with Crippen LogP contribution in [0.1, 0.15) is 46.1 Å². The van der Waals surface area contributed by atoms with Crippen LogP contribution in [0.3, 0.4) is 0 Å². The smallest absolute Gasteiger partial charge is 0.328 e. The molecule has 0 radical (unpaired) electrons. The number of aryl methyl sites for hydroxylation is 1. The number of guanidine groups is 1. The number of aliphatic imine (C=N–C) groups is 1. The molecule has 11 nitrogen and oxygen atoms in total. The Bertz CT molecular complexity index is 913. The molecule has 0 aliphatic carbocycles. The van der Waals surface area contributed by atoms with Crippen molar-refractivity contribution < 1.29 is 9.59 Å². The predicted molar refractivity (Wildman–Crippen MR) is 124 cm³/mol. The first-order chi connectivity index (χ1) is 14.9. The molecule has 1 aromatic heterocycles. The Morgan fingerprint density at radius 2 is 1.88 bits per heavy atom. The molecule has 1 amide bonds. The number of H-pyrrole nitrogens is 1. The van der Waals surface area contributed by atoms with Crippen molar-refractivity contribution in [2.75, 3.05) is 19.6 Å². The van der Waals surface area contributed by atoms with Crippen molar-refractivity contribution in [3.05, 3.63) is 32.6 Å². The minimum atomic E-state index is -0.676. The van der Waals surface area contributed by atoms with Crippen molar-refractivity contribution in [1.29, 1.82) is 0 Å². The standard InChI is InChI=1S/C21H37N7O4/c1-13(2)18(30)16(7-6-8-25-20(22)23)28(10-9-24-14(3)4)17(29)12-27-11-15(5)19(31)26-21(27)32/h11,13-14,16,24H,6-10,12H2,1-5H3,(H4,22,23,25)(H,26,31,32)/t16-/m1/s1. The molecule has 0 saturated carbocycles. The Kier molecular flexibility index (Phi) is 10.8. The maximum absolute atomic E-state index is 13.3. The highest BCUT2D eigenvalue weighted by atomic mass is 16.2. The van der Waals surface area contributed by atoms with Crippen LogP contribution >= 0.6 is 0 Å². The first-order valence-corrected chi connectivity index (χ1v) is 10.9. The molecule has 0 aromatic carbocycles. The topological polar surface area (TPSA) is 169 Å². The second-order valence-corrected chi connectivity index (χ2v) is 8.42. The van der Waals surface area contributed by atoms with Gasteiger partial charge in [0, 0.05) is 43.4 Å². The summed E-state index contributed by atoms with van der Waals surface area (Å²) in [5, 5.41) is 3.25. The number of amides is 1. The molecule has 6 N–H and O–H groups in total. The largest absolute Gasteiger partial charge is 0.370 e. The molecular formula is C21H37N7O4. The van der Waals surface area contributed by atoms with E-state index in [-0.39, 0.29) is 36.2 Å². The van der Waals surface area contributed by atoms with Gasteiger partial charge in [-0.15, -0.1) is 0 Å². The van der Waals surface area contributed by atoms with E-state index in [0.29, 0.717) is 38.0 Å². The maximum Gasteiger partial charge on any atom is 0.328 e. The van der Waals surface area contributed by atoms with E-state index in [9.17, 15) is 19.2 Å². The normalized spacial score (nSPS) is 12.1. The van der Waals surface area contributed by atoms with E-state index >= 15 is 0 Å². The zero-order chi connectivity index (χ0) is 24.4. The summed E-state index contributed by atoms with van der Waals surface area (Å²) >= 11 is 0. The lowest BCUT2D eigenvalue weighted by Gasteiger charge is -2.32. The van der Waals surface area contributed by atoms with Gasteiger partial charge in [0.15, 0.2) is 11.7 Å². The quantitative estimate of drug-likeness (QED) is 0.175. The number of ketones is 1. The summed E-state index contributed by atoms with van der Waals surface area (Å²) in [6.45, 7) is 9.94. The highest BCUT2D eigenvalue weighted by molar-refractivity contribution is 5.90. The highest BCUT2D eigenvalue weighted by Gasteiger charge is 2.30. The number of carbonyl (C=O) groups is 2. The number of aromatic nitrogens is 2. The summed E-state index contributed by atoms with van der Waals surface area (Å²) in [6, 6.07) is -0.470. The third-order valence-corrected chi connectivity index (χ3v) is 4.92. The minimum Gasteiger partial charge on any atom is -0.370 e. The zero-order valence-electron chi connectivity index (χ0n) is 19.7. The number of aromatic amines is 1. The summed E-state index contributed by atoms with van der Waals surface area (Å²) in [7, 11) is 0. The van der Waals surface area contributed by atoms with E-state index in [1.165, 1.54) is 11.1 Å². The summed E-state index contributed by atoms with van der Waals surface area (Å²) in [5.74, 6) is -0.768. The number of Topliss-reactive ketones (excluding diaryl/α,β-unsaturated/α-hetero) is 1. The molecular weight excluding hydrogens is 414 g/mol. The first-order valence-electron chi connectivity index (χ1n) is 10.9. The van der Waals surface area contributed by atoms with E-state index in [1.807, 2.05) is 13.8 Å². The zero-order valence-corrected chi connectivity index (χ0v) is 19.7. The third-order valence-electron chi connectivity index (χ3n) is 4.92. The molecule has 32 heavy (non-hydrogen) atoms. The lowest BCUT2D eigenvalue weighted by Crippen LogP contribution is -2.51. The van der Waals surface area contributed by atoms with Gasteiger partial charge in [-0.1, -0.05) is 27.7 Å². The molecule has 0 spiro atoms. The van der Waals surface area contributed by atoms with Crippen LogP contribution in [-0.2, 0) is 16.1 Å². The van der Waals surface area contributed by atoms with Gasteiger partial charge in [-0.3, -0.25) is 28.9 Å². The van der Waals surface area contributed by atoms with Crippen molar-refractivity contribution in [3.63, 3.8) is 0 Å². The highest BCUT2D eigenvalue weighted by Crippen LogP contribution is 2.15. The number of rotatable bonds is 13. The molecule has 0 bridgehead atoms. The minimum absolute atomic E-state index is 0.0291. The molecule has 1 atom stereocenters. The molecule has 11 heteroatoms. The Morgan fingerprint density at radius 1 is 1.22 bits per heavy atom. The van der Waals surface area contributed by atoms with E-state index in [4.69, 9.17) is 11.5 Å².